The van der Waals surface area contributed by atoms with Crippen LogP contribution < -0.4 is 5.32 Å². The molecule has 1 aromatic heterocycles. The zero-order valence-corrected chi connectivity index (χ0v) is 11.6. The molecule has 3 rings (SSSR count). The van der Waals surface area contributed by atoms with E-state index in [0.717, 1.165) is 12.5 Å². The molecule has 0 bridgehead atoms. The summed E-state index contributed by atoms with van der Waals surface area (Å²) in [4.78, 5) is 1.38. The molecule has 1 fully saturated rings. The highest BCUT2D eigenvalue weighted by Gasteiger charge is 2.19. The molecule has 0 unspecified atom stereocenters. The summed E-state index contributed by atoms with van der Waals surface area (Å²) in [6.45, 7) is 0.955. The first-order valence-corrected chi connectivity index (χ1v) is 7.57. The molecule has 1 aliphatic carbocycles. The molecule has 2 aromatic rings. The van der Waals surface area contributed by atoms with Crippen molar-refractivity contribution in [2.45, 2.75) is 31.7 Å². The molecule has 1 aromatic carbocycles. The summed E-state index contributed by atoms with van der Waals surface area (Å²) in [7, 11) is 1.99. The quantitative estimate of drug-likeness (QED) is 0.856. The molecule has 1 nitrogen and oxygen atoms in total. The summed E-state index contributed by atoms with van der Waals surface area (Å²) in [5.74, 6) is 0.835. The van der Waals surface area contributed by atoms with Crippen LogP contribution in [0.5, 0.6) is 0 Å². The van der Waals surface area contributed by atoms with Crippen molar-refractivity contribution >= 4 is 11.3 Å². The number of hydrogen-bond donors (Lipinski definition) is 1. The van der Waals surface area contributed by atoms with Crippen LogP contribution in [0.25, 0.3) is 10.4 Å². The van der Waals surface area contributed by atoms with E-state index in [0.29, 0.717) is 0 Å². The van der Waals surface area contributed by atoms with Crippen molar-refractivity contribution in [3.8, 4) is 10.4 Å². The van der Waals surface area contributed by atoms with Crippen LogP contribution in [0.15, 0.2) is 35.7 Å². The van der Waals surface area contributed by atoms with Crippen LogP contribution >= 0.6 is 11.3 Å². The van der Waals surface area contributed by atoms with Crippen LogP contribution in [0.1, 0.15) is 36.3 Å². The molecule has 1 aliphatic rings. The fraction of sp³-hybridized carbons (Fsp3) is 0.375. The van der Waals surface area contributed by atoms with Gasteiger partial charge in [0.2, 0.25) is 0 Å². The Bertz CT molecular complexity index is 508. The van der Waals surface area contributed by atoms with Gasteiger partial charge in [-0.05, 0) is 53.9 Å². The lowest BCUT2D eigenvalue weighted by Crippen LogP contribution is -2.08. The molecule has 1 N–H and O–H groups in total. The normalized spacial score (nSPS) is 15.6. The van der Waals surface area contributed by atoms with Gasteiger partial charge in [-0.15, -0.1) is 11.3 Å². The van der Waals surface area contributed by atoms with E-state index >= 15 is 0 Å². The Labute approximate surface area is 113 Å². The molecular weight excluding hydrogens is 238 g/mol. The first-order valence-electron chi connectivity index (χ1n) is 6.69. The highest BCUT2D eigenvalue weighted by Crippen LogP contribution is 2.37. The van der Waals surface area contributed by atoms with E-state index in [1.165, 1.54) is 40.8 Å². The van der Waals surface area contributed by atoms with E-state index < -0.39 is 0 Å². The molecule has 0 radical (unpaired) electrons. The summed E-state index contributed by atoms with van der Waals surface area (Å²) in [5.41, 5.74) is 4.25. The van der Waals surface area contributed by atoms with Crippen LogP contribution in [0.3, 0.4) is 0 Å². The minimum Gasteiger partial charge on any atom is -0.316 e. The molecule has 2 heteroatoms. The summed E-state index contributed by atoms with van der Waals surface area (Å²) < 4.78 is 0. The molecule has 1 saturated carbocycles. The standard InChI is InChI=1S/C16H19NS/c1-17-10-12-9-16(18-11-12)15-7-5-14(6-8-15)13-3-2-4-13/h5-9,11,13,17H,2-4,10H2,1H3. The average Bonchev–Trinajstić information content (AvgIpc) is 2.77. The van der Waals surface area contributed by atoms with Gasteiger partial charge in [-0.25, -0.2) is 0 Å². The Kier molecular flexibility index (Phi) is 3.48. The van der Waals surface area contributed by atoms with E-state index in [9.17, 15) is 0 Å². The minimum atomic E-state index is 0.835. The Morgan fingerprint density at radius 2 is 2.00 bits per heavy atom. The van der Waals surface area contributed by atoms with E-state index in [4.69, 9.17) is 0 Å². The van der Waals surface area contributed by atoms with Crippen molar-refractivity contribution in [3.63, 3.8) is 0 Å². The largest absolute Gasteiger partial charge is 0.316 e. The molecule has 0 aliphatic heterocycles. The third-order valence-electron chi connectivity index (χ3n) is 3.81. The van der Waals surface area contributed by atoms with Crippen molar-refractivity contribution in [2.24, 2.45) is 0 Å². The lowest BCUT2D eigenvalue weighted by Gasteiger charge is -2.25. The Morgan fingerprint density at radius 3 is 2.61 bits per heavy atom. The maximum Gasteiger partial charge on any atom is 0.0346 e. The smallest absolute Gasteiger partial charge is 0.0346 e. The third kappa shape index (κ3) is 2.36. The van der Waals surface area contributed by atoms with Gasteiger partial charge in [0.15, 0.2) is 0 Å². The monoisotopic (exact) mass is 257 g/mol. The number of nitrogens with one attached hydrogen (secondary N) is 1. The summed E-state index contributed by atoms with van der Waals surface area (Å²) in [6, 6.07) is 11.5. The molecule has 0 spiro atoms. The lowest BCUT2D eigenvalue weighted by molar-refractivity contribution is 0.420. The first-order chi connectivity index (χ1) is 8.86. The van der Waals surface area contributed by atoms with Crippen LogP contribution in [-0.2, 0) is 6.54 Å². The molecular formula is C16H19NS. The molecule has 18 heavy (non-hydrogen) atoms. The second-order valence-electron chi connectivity index (χ2n) is 5.10. The highest BCUT2D eigenvalue weighted by molar-refractivity contribution is 7.13. The Morgan fingerprint density at radius 1 is 1.22 bits per heavy atom. The van der Waals surface area contributed by atoms with Crippen molar-refractivity contribution in [2.75, 3.05) is 7.05 Å². The average molecular weight is 257 g/mol. The van der Waals surface area contributed by atoms with Crippen molar-refractivity contribution in [1.29, 1.82) is 0 Å². The SMILES string of the molecule is CNCc1csc(-c2ccc(C3CCC3)cc2)c1. The molecule has 0 amide bonds. The zero-order chi connectivity index (χ0) is 12.4. The van der Waals surface area contributed by atoms with Gasteiger partial charge in [0.05, 0.1) is 0 Å². The second kappa shape index (κ2) is 5.25. The van der Waals surface area contributed by atoms with Gasteiger partial charge >= 0.3 is 0 Å². The van der Waals surface area contributed by atoms with Crippen molar-refractivity contribution in [1.82, 2.24) is 5.32 Å². The molecule has 0 atom stereocenters. The van der Waals surface area contributed by atoms with Gasteiger partial charge in [-0.1, -0.05) is 30.7 Å². The minimum absolute atomic E-state index is 0.835. The lowest BCUT2D eigenvalue weighted by atomic mass is 9.80. The van der Waals surface area contributed by atoms with E-state index in [-0.39, 0.29) is 0 Å². The second-order valence-corrected chi connectivity index (χ2v) is 6.01. The van der Waals surface area contributed by atoms with Crippen LogP contribution in [0, 0.1) is 0 Å². The molecule has 1 heterocycles. The van der Waals surface area contributed by atoms with Crippen LogP contribution in [0.4, 0.5) is 0 Å². The van der Waals surface area contributed by atoms with E-state index in [1.807, 2.05) is 18.4 Å². The predicted molar refractivity (Wildman–Crippen MR) is 79.1 cm³/mol. The van der Waals surface area contributed by atoms with Crippen LogP contribution in [0.2, 0.25) is 0 Å². The van der Waals surface area contributed by atoms with E-state index in [2.05, 4.69) is 41.0 Å². The summed E-state index contributed by atoms with van der Waals surface area (Å²) in [6.07, 6.45) is 4.17. The van der Waals surface area contributed by atoms with Gasteiger partial charge in [0.25, 0.3) is 0 Å². The van der Waals surface area contributed by atoms with Gasteiger partial charge in [-0.3, -0.25) is 0 Å². The number of benzene rings is 1. The number of hydrogen-bond acceptors (Lipinski definition) is 2. The van der Waals surface area contributed by atoms with Crippen molar-refractivity contribution < 1.29 is 0 Å². The first kappa shape index (κ1) is 11.9. The summed E-state index contributed by atoms with van der Waals surface area (Å²) >= 11 is 1.84. The Hall–Kier alpha value is -1.12. The van der Waals surface area contributed by atoms with Gasteiger partial charge in [0, 0.05) is 11.4 Å². The predicted octanol–water partition coefficient (Wildman–Crippen LogP) is 4.40. The van der Waals surface area contributed by atoms with Crippen molar-refractivity contribution in [3.05, 3.63) is 46.8 Å². The third-order valence-corrected chi connectivity index (χ3v) is 4.83. The molecule has 0 saturated heterocycles. The maximum absolute atomic E-state index is 3.19. The topological polar surface area (TPSA) is 12.0 Å². The fourth-order valence-corrected chi connectivity index (χ4v) is 3.41. The zero-order valence-electron chi connectivity index (χ0n) is 10.8. The maximum atomic E-state index is 3.19. The fourth-order valence-electron chi connectivity index (χ4n) is 2.48. The van der Waals surface area contributed by atoms with Crippen LogP contribution in [-0.4, -0.2) is 7.05 Å². The van der Waals surface area contributed by atoms with Gasteiger partial charge < -0.3 is 5.32 Å². The number of rotatable bonds is 4. The van der Waals surface area contributed by atoms with Gasteiger partial charge in [0.1, 0.15) is 0 Å². The summed E-state index contributed by atoms with van der Waals surface area (Å²) in [5, 5.41) is 5.44. The highest BCUT2D eigenvalue weighted by atomic mass is 32.1. The Balaban J connectivity index is 1.78. The molecule has 94 valence electrons. The van der Waals surface area contributed by atoms with Gasteiger partial charge in [-0.2, -0.15) is 0 Å². The number of thiophene rings is 1. The van der Waals surface area contributed by atoms with E-state index in [1.54, 1.807) is 0 Å².